The topological polar surface area (TPSA) is 74.4 Å². The Kier molecular flexibility index (Phi) is 1.28. The quantitative estimate of drug-likeness (QED) is 0.632. The summed E-state index contributed by atoms with van der Waals surface area (Å²) in [6.45, 7) is 0. The van der Waals surface area contributed by atoms with Crippen LogP contribution in [0.25, 0.3) is 0 Å². The summed E-state index contributed by atoms with van der Waals surface area (Å²) in [5.41, 5.74) is 0.586. The molecule has 0 aliphatic carbocycles. The molecule has 0 aromatic heterocycles. The van der Waals surface area contributed by atoms with Crippen LogP contribution in [-0.4, -0.2) is 21.4 Å². The molecule has 0 saturated carbocycles. The zero-order valence-electron chi connectivity index (χ0n) is 5.26. The smallest absolute Gasteiger partial charge is 0.321 e. The second kappa shape index (κ2) is 2.16. The summed E-state index contributed by atoms with van der Waals surface area (Å²) in [5, 5.41) is 19.3. The lowest BCUT2D eigenvalue weighted by molar-refractivity contribution is -0.135. The monoisotopic (exact) mass is 169 g/mol. The van der Waals surface area contributed by atoms with Crippen LogP contribution in [0.5, 0.6) is 0 Å². The van der Waals surface area contributed by atoms with E-state index in [9.17, 15) is 4.79 Å². The predicted molar refractivity (Wildman–Crippen MR) is 39.4 cm³/mol. The SMILES string of the molecule is O=C(O)C1C=C2N=NN=C2S1. The van der Waals surface area contributed by atoms with Gasteiger partial charge in [-0.1, -0.05) is 11.8 Å². The van der Waals surface area contributed by atoms with Crippen LogP contribution in [0.2, 0.25) is 0 Å². The molecule has 6 heteroatoms. The van der Waals surface area contributed by atoms with Crippen LogP contribution in [0, 0.1) is 0 Å². The Labute approximate surface area is 65.9 Å². The number of carboxylic acids is 1. The van der Waals surface area contributed by atoms with Crippen LogP contribution in [0.15, 0.2) is 27.2 Å². The minimum atomic E-state index is -0.866. The van der Waals surface area contributed by atoms with Gasteiger partial charge in [0.1, 0.15) is 16.0 Å². The molecule has 0 amide bonds. The number of nitrogens with zero attached hydrogens (tertiary/aromatic N) is 3. The number of rotatable bonds is 1. The van der Waals surface area contributed by atoms with Crippen molar-refractivity contribution in [2.24, 2.45) is 15.4 Å². The van der Waals surface area contributed by atoms with E-state index in [4.69, 9.17) is 5.11 Å². The minimum absolute atomic E-state index is 0.539. The van der Waals surface area contributed by atoms with Gasteiger partial charge in [-0.25, -0.2) is 0 Å². The van der Waals surface area contributed by atoms with Gasteiger partial charge < -0.3 is 5.11 Å². The van der Waals surface area contributed by atoms with Crippen molar-refractivity contribution >= 4 is 22.8 Å². The molecule has 1 atom stereocenters. The first kappa shape index (κ1) is 6.53. The average Bonchev–Trinajstić information content (AvgIpc) is 2.40. The predicted octanol–water partition coefficient (Wildman–Crippen LogP) is 0.850. The summed E-state index contributed by atoms with van der Waals surface area (Å²) in [4.78, 5) is 10.4. The Morgan fingerprint density at radius 2 is 2.55 bits per heavy atom. The van der Waals surface area contributed by atoms with Crippen molar-refractivity contribution in [2.75, 3.05) is 0 Å². The molecule has 0 aromatic carbocycles. The maximum atomic E-state index is 10.4. The first-order valence-electron chi connectivity index (χ1n) is 2.88. The summed E-state index contributed by atoms with van der Waals surface area (Å²) in [6, 6.07) is 0. The first-order valence-corrected chi connectivity index (χ1v) is 3.76. The highest BCUT2D eigenvalue weighted by Gasteiger charge is 2.30. The van der Waals surface area contributed by atoms with Crippen LogP contribution < -0.4 is 0 Å². The second-order valence-electron chi connectivity index (χ2n) is 2.02. The Bertz CT molecular complexity index is 307. The van der Waals surface area contributed by atoms with Gasteiger partial charge in [-0.15, -0.1) is 10.2 Å². The average molecular weight is 169 g/mol. The fourth-order valence-electron chi connectivity index (χ4n) is 0.813. The van der Waals surface area contributed by atoms with Crippen LogP contribution in [0.3, 0.4) is 0 Å². The van der Waals surface area contributed by atoms with E-state index in [0.29, 0.717) is 10.7 Å². The summed E-state index contributed by atoms with van der Waals surface area (Å²) in [5.74, 6) is -0.866. The lowest BCUT2D eigenvalue weighted by atomic mass is 10.3. The Morgan fingerprint density at radius 3 is 3.18 bits per heavy atom. The summed E-state index contributed by atoms with van der Waals surface area (Å²) in [7, 11) is 0. The van der Waals surface area contributed by atoms with Gasteiger partial charge in [-0.2, -0.15) is 0 Å². The molecule has 0 saturated heterocycles. The van der Waals surface area contributed by atoms with E-state index in [1.807, 2.05) is 0 Å². The molecule has 0 bridgehead atoms. The third-order valence-corrected chi connectivity index (χ3v) is 2.40. The molecule has 11 heavy (non-hydrogen) atoms. The van der Waals surface area contributed by atoms with Crippen molar-refractivity contribution in [3.63, 3.8) is 0 Å². The molecule has 2 rings (SSSR count). The van der Waals surface area contributed by atoms with E-state index >= 15 is 0 Å². The van der Waals surface area contributed by atoms with Gasteiger partial charge in [0.15, 0.2) is 0 Å². The normalized spacial score (nSPS) is 26.4. The minimum Gasteiger partial charge on any atom is -0.480 e. The molecular weight excluding hydrogens is 166 g/mol. The fraction of sp³-hybridized carbons (Fsp3) is 0.200. The van der Waals surface area contributed by atoms with E-state index in [1.165, 1.54) is 0 Å². The van der Waals surface area contributed by atoms with E-state index in [1.54, 1.807) is 6.08 Å². The molecule has 0 radical (unpaired) electrons. The Morgan fingerprint density at radius 1 is 1.73 bits per heavy atom. The van der Waals surface area contributed by atoms with Crippen LogP contribution >= 0.6 is 11.8 Å². The summed E-state index contributed by atoms with van der Waals surface area (Å²) >= 11 is 1.16. The fourth-order valence-corrected chi connectivity index (χ4v) is 1.66. The number of fused-ring (bicyclic) bond motifs is 1. The summed E-state index contributed by atoms with van der Waals surface area (Å²) in [6.07, 6.45) is 1.54. The van der Waals surface area contributed by atoms with Crippen LogP contribution in [-0.2, 0) is 4.79 Å². The number of carboxylic acid groups (broad SMARTS) is 1. The van der Waals surface area contributed by atoms with Crippen molar-refractivity contribution in [1.29, 1.82) is 0 Å². The summed E-state index contributed by atoms with van der Waals surface area (Å²) < 4.78 is 0. The third-order valence-electron chi connectivity index (χ3n) is 1.30. The number of carbonyl (C=O) groups is 1. The maximum Gasteiger partial charge on any atom is 0.321 e. The molecule has 0 fully saturated rings. The first-order chi connectivity index (χ1) is 5.27. The van der Waals surface area contributed by atoms with Crippen molar-refractivity contribution in [3.8, 4) is 0 Å². The zero-order valence-corrected chi connectivity index (χ0v) is 6.08. The zero-order chi connectivity index (χ0) is 7.84. The molecule has 1 N–H and O–H groups in total. The van der Waals surface area contributed by atoms with Gasteiger partial charge in [0.05, 0.1) is 0 Å². The number of hydrogen-bond acceptors (Lipinski definition) is 5. The van der Waals surface area contributed by atoms with E-state index in [0.717, 1.165) is 11.8 Å². The Hall–Kier alpha value is -1.17. The van der Waals surface area contributed by atoms with Crippen molar-refractivity contribution in [3.05, 3.63) is 11.8 Å². The molecule has 0 spiro atoms. The lowest BCUT2D eigenvalue weighted by Gasteiger charge is -1.95. The lowest BCUT2D eigenvalue weighted by Crippen LogP contribution is -2.10. The number of hydrogen-bond donors (Lipinski definition) is 1. The molecule has 2 aliphatic heterocycles. The molecule has 2 heterocycles. The van der Waals surface area contributed by atoms with E-state index < -0.39 is 11.2 Å². The highest BCUT2D eigenvalue weighted by Crippen LogP contribution is 2.32. The highest BCUT2D eigenvalue weighted by molar-refractivity contribution is 8.16. The van der Waals surface area contributed by atoms with Crippen LogP contribution in [0.1, 0.15) is 0 Å². The Balaban J connectivity index is 2.27. The molecule has 5 nitrogen and oxygen atoms in total. The van der Waals surface area contributed by atoms with Gasteiger partial charge in [-0.3, -0.25) is 4.79 Å². The maximum absolute atomic E-state index is 10.4. The van der Waals surface area contributed by atoms with E-state index in [2.05, 4.69) is 15.4 Å². The van der Waals surface area contributed by atoms with E-state index in [-0.39, 0.29) is 0 Å². The van der Waals surface area contributed by atoms with Gasteiger partial charge in [0.25, 0.3) is 0 Å². The third kappa shape index (κ3) is 0.949. The molecule has 2 aliphatic rings. The molecular formula is C5H3N3O2S. The van der Waals surface area contributed by atoms with Gasteiger partial charge in [0.2, 0.25) is 0 Å². The molecule has 0 aromatic rings. The number of thioether (sulfide) groups is 1. The van der Waals surface area contributed by atoms with Gasteiger partial charge in [-0.05, 0) is 11.3 Å². The molecule has 56 valence electrons. The van der Waals surface area contributed by atoms with Crippen molar-refractivity contribution in [2.45, 2.75) is 5.25 Å². The van der Waals surface area contributed by atoms with Crippen LogP contribution in [0.4, 0.5) is 0 Å². The van der Waals surface area contributed by atoms with Gasteiger partial charge >= 0.3 is 5.97 Å². The highest BCUT2D eigenvalue weighted by atomic mass is 32.2. The van der Waals surface area contributed by atoms with Gasteiger partial charge in [0, 0.05) is 0 Å². The largest absolute Gasteiger partial charge is 0.480 e. The second-order valence-corrected chi connectivity index (χ2v) is 3.15. The number of aliphatic carboxylic acids is 1. The van der Waals surface area contributed by atoms with Crippen molar-refractivity contribution < 1.29 is 9.90 Å². The standard InChI is InChI=1S/C5H3N3O2S/c9-5(10)3-1-2-4(11-3)7-8-6-2/h1,3H,(H,9,10). The van der Waals surface area contributed by atoms with Crippen molar-refractivity contribution in [1.82, 2.24) is 0 Å². The molecule has 1 unspecified atom stereocenters.